The fraction of sp³-hybridized carbons (Fsp3) is 0.100. The highest BCUT2D eigenvalue weighted by molar-refractivity contribution is 5.84. The van der Waals surface area contributed by atoms with Gasteiger partial charge in [-0.2, -0.15) is 0 Å². The molecule has 0 fully saturated rings. The van der Waals surface area contributed by atoms with Gasteiger partial charge in [-0.05, 0) is 17.7 Å². The highest BCUT2D eigenvalue weighted by Crippen LogP contribution is 2.17. The van der Waals surface area contributed by atoms with E-state index in [2.05, 4.69) is 5.16 Å². The largest absolute Gasteiger partial charge is 0.464 e. The average molecular weight is 190 g/mol. The molecule has 0 unspecified atom stereocenters. The van der Waals surface area contributed by atoms with Crippen molar-refractivity contribution in [2.45, 2.75) is 6.42 Å². The molecule has 4 heteroatoms. The lowest BCUT2D eigenvalue weighted by Crippen LogP contribution is -2.14. The maximum Gasteiger partial charge on any atom is 0.143 e. The third-order valence-corrected chi connectivity index (χ3v) is 2.03. The van der Waals surface area contributed by atoms with E-state index in [9.17, 15) is 0 Å². The van der Waals surface area contributed by atoms with Crippen molar-refractivity contribution in [2.75, 3.05) is 0 Å². The number of oxime groups is 1. The zero-order valence-corrected chi connectivity index (χ0v) is 7.47. The van der Waals surface area contributed by atoms with Crippen LogP contribution in [0.3, 0.4) is 0 Å². The maximum absolute atomic E-state index is 8.41. The van der Waals surface area contributed by atoms with Crippen molar-refractivity contribution in [1.82, 2.24) is 0 Å². The molecule has 4 nitrogen and oxygen atoms in total. The summed E-state index contributed by atoms with van der Waals surface area (Å²) in [5.74, 6) is 0.191. The van der Waals surface area contributed by atoms with Gasteiger partial charge in [0.1, 0.15) is 11.4 Å². The Bertz CT molecular complexity index is 474. The minimum absolute atomic E-state index is 0.191. The van der Waals surface area contributed by atoms with Gasteiger partial charge in [-0.15, -0.1) is 0 Å². The van der Waals surface area contributed by atoms with Crippen LogP contribution in [-0.2, 0) is 6.42 Å². The number of rotatable bonds is 2. The first-order valence-corrected chi connectivity index (χ1v) is 4.22. The molecule has 2 rings (SSSR count). The van der Waals surface area contributed by atoms with E-state index in [0.717, 1.165) is 16.5 Å². The number of amidine groups is 1. The molecule has 0 saturated carbocycles. The molecule has 0 spiro atoms. The second-order valence-electron chi connectivity index (χ2n) is 3.06. The lowest BCUT2D eigenvalue weighted by molar-refractivity contribution is 0.317. The fourth-order valence-electron chi connectivity index (χ4n) is 1.35. The lowest BCUT2D eigenvalue weighted by atomic mass is 10.1. The van der Waals surface area contributed by atoms with Crippen LogP contribution in [0.1, 0.15) is 5.56 Å². The molecule has 0 aliphatic carbocycles. The number of hydrogen-bond acceptors (Lipinski definition) is 3. The van der Waals surface area contributed by atoms with Crippen molar-refractivity contribution < 1.29 is 9.62 Å². The molecule has 1 aromatic carbocycles. The van der Waals surface area contributed by atoms with Crippen LogP contribution in [0.25, 0.3) is 11.0 Å². The van der Waals surface area contributed by atoms with Gasteiger partial charge in [-0.3, -0.25) is 0 Å². The Kier molecular flexibility index (Phi) is 2.10. The van der Waals surface area contributed by atoms with Gasteiger partial charge in [0, 0.05) is 11.8 Å². The number of nitrogens with zero attached hydrogens (tertiary/aromatic N) is 1. The molecule has 0 bridgehead atoms. The Labute approximate surface area is 80.6 Å². The van der Waals surface area contributed by atoms with E-state index in [1.807, 2.05) is 24.3 Å². The zero-order chi connectivity index (χ0) is 9.97. The van der Waals surface area contributed by atoms with Gasteiger partial charge in [0.15, 0.2) is 0 Å². The monoisotopic (exact) mass is 190 g/mol. The van der Waals surface area contributed by atoms with E-state index in [1.54, 1.807) is 6.26 Å². The number of hydrogen-bond donors (Lipinski definition) is 2. The van der Waals surface area contributed by atoms with Gasteiger partial charge >= 0.3 is 0 Å². The minimum atomic E-state index is 0.191. The Balaban J connectivity index is 2.34. The third kappa shape index (κ3) is 1.54. The van der Waals surface area contributed by atoms with Crippen LogP contribution in [0, 0.1) is 0 Å². The molecule has 0 radical (unpaired) electrons. The maximum atomic E-state index is 8.41. The molecule has 3 N–H and O–H groups in total. The van der Waals surface area contributed by atoms with E-state index in [-0.39, 0.29) is 5.84 Å². The zero-order valence-electron chi connectivity index (χ0n) is 7.47. The van der Waals surface area contributed by atoms with Crippen LogP contribution in [0.5, 0.6) is 0 Å². The SMILES string of the molecule is N/C(Cc1ccc2ccoc2c1)=N\O. The van der Waals surface area contributed by atoms with Gasteiger partial charge < -0.3 is 15.4 Å². The first-order chi connectivity index (χ1) is 6.79. The molecular weight excluding hydrogens is 180 g/mol. The molecule has 0 aliphatic rings. The standard InChI is InChI=1S/C10H10N2O2/c11-10(12-13)6-7-1-2-8-3-4-14-9(8)5-7/h1-5,13H,6H2,(H2,11,12). The Morgan fingerprint density at radius 3 is 3.07 bits per heavy atom. The van der Waals surface area contributed by atoms with Crippen LogP contribution in [-0.4, -0.2) is 11.0 Å². The van der Waals surface area contributed by atoms with Crippen molar-refractivity contribution in [3.63, 3.8) is 0 Å². The average Bonchev–Trinajstić information content (AvgIpc) is 2.64. The first-order valence-electron chi connectivity index (χ1n) is 4.22. The molecule has 0 aliphatic heterocycles. The van der Waals surface area contributed by atoms with Crippen molar-refractivity contribution in [1.29, 1.82) is 0 Å². The van der Waals surface area contributed by atoms with Crippen LogP contribution >= 0.6 is 0 Å². The summed E-state index contributed by atoms with van der Waals surface area (Å²) in [6, 6.07) is 7.64. The topological polar surface area (TPSA) is 71.8 Å². The summed E-state index contributed by atoms with van der Waals surface area (Å²) in [6.07, 6.45) is 2.06. The quantitative estimate of drug-likeness (QED) is 0.328. The van der Waals surface area contributed by atoms with E-state index in [1.165, 1.54) is 0 Å². The summed E-state index contributed by atoms with van der Waals surface area (Å²) in [6.45, 7) is 0. The van der Waals surface area contributed by atoms with Crippen LogP contribution in [0.2, 0.25) is 0 Å². The number of nitrogens with two attached hydrogens (primary N) is 1. The lowest BCUT2D eigenvalue weighted by Gasteiger charge is -1.98. The normalized spacial score (nSPS) is 12.1. The molecule has 0 atom stereocenters. The molecule has 1 aromatic heterocycles. The Morgan fingerprint density at radius 2 is 2.29 bits per heavy atom. The van der Waals surface area contributed by atoms with Crippen molar-refractivity contribution in [3.8, 4) is 0 Å². The van der Waals surface area contributed by atoms with Gasteiger partial charge in [0.05, 0.1) is 6.26 Å². The molecule has 72 valence electrons. The van der Waals surface area contributed by atoms with E-state index in [4.69, 9.17) is 15.4 Å². The van der Waals surface area contributed by atoms with Crippen LogP contribution in [0.4, 0.5) is 0 Å². The highest BCUT2D eigenvalue weighted by atomic mass is 16.4. The van der Waals surface area contributed by atoms with E-state index >= 15 is 0 Å². The van der Waals surface area contributed by atoms with Gasteiger partial charge in [-0.25, -0.2) is 0 Å². The van der Waals surface area contributed by atoms with Gasteiger partial charge in [0.25, 0.3) is 0 Å². The number of benzene rings is 1. The summed E-state index contributed by atoms with van der Waals surface area (Å²) < 4.78 is 5.23. The first kappa shape index (κ1) is 8.62. The molecule has 14 heavy (non-hydrogen) atoms. The van der Waals surface area contributed by atoms with Gasteiger partial charge in [0.2, 0.25) is 0 Å². The molecular formula is C10H10N2O2. The molecule has 0 amide bonds. The van der Waals surface area contributed by atoms with Crippen molar-refractivity contribution in [3.05, 3.63) is 36.1 Å². The fourth-order valence-corrected chi connectivity index (χ4v) is 1.35. The second-order valence-corrected chi connectivity index (χ2v) is 3.06. The Hall–Kier alpha value is -1.97. The number of furan rings is 1. The Morgan fingerprint density at radius 1 is 1.43 bits per heavy atom. The van der Waals surface area contributed by atoms with Crippen molar-refractivity contribution >= 4 is 16.8 Å². The predicted molar refractivity (Wildman–Crippen MR) is 53.3 cm³/mol. The molecule has 0 saturated heterocycles. The van der Waals surface area contributed by atoms with E-state index in [0.29, 0.717) is 6.42 Å². The summed E-state index contributed by atoms with van der Waals surface area (Å²) in [5.41, 5.74) is 7.17. The van der Waals surface area contributed by atoms with E-state index < -0.39 is 0 Å². The van der Waals surface area contributed by atoms with Crippen molar-refractivity contribution in [2.24, 2.45) is 10.9 Å². The summed E-state index contributed by atoms with van der Waals surface area (Å²) in [7, 11) is 0. The second kappa shape index (κ2) is 3.41. The summed E-state index contributed by atoms with van der Waals surface area (Å²) in [5, 5.41) is 12.4. The smallest absolute Gasteiger partial charge is 0.143 e. The molecule has 2 aromatic rings. The summed E-state index contributed by atoms with van der Waals surface area (Å²) >= 11 is 0. The van der Waals surface area contributed by atoms with Gasteiger partial charge in [-0.1, -0.05) is 17.3 Å². The summed E-state index contributed by atoms with van der Waals surface area (Å²) in [4.78, 5) is 0. The highest BCUT2D eigenvalue weighted by Gasteiger charge is 2.01. The van der Waals surface area contributed by atoms with Crippen LogP contribution < -0.4 is 5.73 Å². The van der Waals surface area contributed by atoms with Crippen LogP contribution in [0.15, 0.2) is 40.1 Å². The minimum Gasteiger partial charge on any atom is -0.464 e. The molecule has 1 heterocycles. The third-order valence-electron chi connectivity index (χ3n) is 2.03. The number of fused-ring (bicyclic) bond motifs is 1. The predicted octanol–water partition coefficient (Wildman–Crippen LogP) is 1.72.